The van der Waals surface area contributed by atoms with Crippen LogP contribution in [0.4, 0.5) is 14.5 Å². The van der Waals surface area contributed by atoms with E-state index in [0.717, 1.165) is 12.4 Å². The molecule has 2 rings (SSSR count). The molecule has 1 saturated heterocycles. The number of aliphatic imine (C=N–C) groups is 1. The first-order valence-corrected chi connectivity index (χ1v) is 5.35. The van der Waals surface area contributed by atoms with E-state index in [4.69, 9.17) is 15.2 Å². The molecule has 6 heteroatoms. The van der Waals surface area contributed by atoms with Gasteiger partial charge in [0.05, 0.1) is 25.1 Å². The summed E-state index contributed by atoms with van der Waals surface area (Å²) in [7, 11) is 0. The highest BCUT2D eigenvalue weighted by atomic mass is 19.1. The summed E-state index contributed by atoms with van der Waals surface area (Å²) < 4.78 is 36.6. The van der Waals surface area contributed by atoms with Gasteiger partial charge in [0.1, 0.15) is 5.82 Å². The van der Waals surface area contributed by atoms with Crippen LogP contribution in [0.15, 0.2) is 35.2 Å². The van der Waals surface area contributed by atoms with Gasteiger partial charge in [0, 0.05) is 11.8 Å². The predicted octanol–water partition coefficient (Wildman–Crippen LogP) is 2.34. The minimum atomic E-state index is -0.682. The lowest BCUT2D eigenvalue weighted by Gasteiger charge is -2.11. The zero-order valence-electron chi connectivity index (χ0n) is 9.48. The van der Waals surface area contributed by atoms with Crippen molar-refractivity contribution in [2.75, 3.05) is 13.2 Å². The van der Waals surface area contributed by atoms with Crippen LogP contribution in [0.2, 0.25) is 0 Å². The molecule has 0 unspecified atom stereocenters. The molecule has 1 fully saturated rings. The summed E-state index contributed by atoms with van der Waals surface area (Å²) >= 11 is 0. The average Bonchev–Trinajstić information content (AvgIpc) is 2.90. The maximum absolute atomic E-state index is 13.2. The van der Waals surface area contributed by atoms with E-state index in [-0.39, 0.29) is 0 Å². The van der Waals surface area contributed by atoms with E-state index < -0.39 is 17.9 Å². The van der Waals surface area contributed by atoms with Crippen LogP contribution in [-0.4, -0.2) is 19.4 Å². The van der Waals surface area contributed by atoms with Gasteiger partial charge < -0.3 is 15.2 Å². The number of allylic oxidation sites excluding steroid dienone is 1. The lowest BCUT2D eigenvalue weighted by molar-refractivity contribution is -0.0438. The summed E-state index contributed by atoms with van der Waals surface area (Å²) in [5.74, 6) is -1.11. The van der Waals surface area contributed by atoms with Crippen LogP contribution in [0, 0.1) is 5.82 Å². The first kappa shape index (κ1) is 12.7. The molecule has 0 bridgehead atoms. The molecule has 1 aromatic rings. The zero-order chi connectivity index (χ0) is 13.0. The van der Waals surface area contributed by atoms with Gasteiger partial charge in [-0.2, -0.15) is 0 Å². The van der Waals surface area contributed by atoms with Crippen molar-refractivity contribution >= 4 is 11.9 Å². The standard InChI is InChI=1S/C12H12F2N2O2/c13-8-1-2-11(16-7-9(14)6-15)10(5-8)12-17-3-4-18-12/h1-2,5-7,12H,3-4,15H2. The third-order valence-electron chi connectivity index (χ3n) is 2.35. The molecule has 1 aliphatic rings. The number of hydrogen-bond acceptors (Lipinski definition) is 4. The fraction of sp³-hybridized carbons (Fsp3) is 0.250. The molecule has 96 valence electrons. The summed E-state index contributed by atoms with van der Waals surface area (Å²) in [4.78, 5) is 3.89. The molecule has 0 radical (unpaired) electrons. The quantitative estimate of drug-likeness (QED) is 0.842. The van der Waals surface area contributed by atoms with Crippen LogP contribution < -0.4 is 5.73 Å². The van der Waals surface area contributed by atoms with Crippen LogP contribution in [0.3, 0.4) is 0 Å². The molecule has 0 aromatic heterocycles. The second-order valence-corrected chi connectivity index (χ2v) is 3.59. The molecule has 0 aliphatic carbocycles. The molecule has 0 amide bonds. The number of hydrogen-bond donors (Lipinski definition) is 1. The van der Waals surface area contributed by atoms with Crippen LogP contribution in [0.5, 0.6) is 0 Å². The highest BCUT2D eigenvalue weighted by Crippen LogP contribution is 2.32. The molecule has 1 aliphatic heterocycles. The number of nitrogens with two attached hydrogens (primary N) is 1. The van der Waals surface area contributed by atoms with Crippen LogP contribution in [0.25, 0.3) is 0 Å². The number of halogens is 2. The Bertz CT molecular complexity index is 483. The summed E-state index contributed by atoms with van der Waals surface area (Å²) in [5.41, 5.74) is 5.78. The molecule has 0 spiro atoms. The van der Waals surface area contributed by atoms with E-state index in [0.29, 0.717) is 24.5 Å². The van der Waals surface area contributed by atoms with E-state index in [2.05, 4.69) is 4.99 Å². The summed E-state index contributed by atoms with van der Waals surface area (Å²) in [6.45, 7) is 0.864. The third kappa shape index (κ3) is 2.91. The molecule has 0 atom stereocenters. The van der Waals surface area contributed by atoms with Gasteiger partial charge in [-0.15, -0.1) is 0 Å². The van der Waals surface area contributed by atoms with E-state index in [1.165, 1.54) is 18.2 Å². The van der Waals surface area contributed by atoms with Gasteiger partial charge in [-0.3, -0.25) is 4.99 Å². The minimum absolute atomic E-state index is 0.375. The highest BCUT2D eigenvalue weighted by Gasteiger charge is 2.21. The highest BCUT2D eigenvalue weighted by molar-refractivity contribution is 5.78. The first-order chi connectivity index (χ1) is 8.70. The Balaban J connectivity index is 2.31. The normalized spacial score (nSPS) is 17.8. The fourth-order valence-electron chi connectivity index (χ4n) is 1.54. The number of ether oxygens (including phenoxy) is 2. The topological polar surface area (TPSA) is 56.8 Å². The fourth-order valence-corrected chi connectivity index (χ4v) is 1.54. The maximum atomic E-state index is 13.2. The summed E-state index contributed by atoms with van der Waals surface area (Å²) in [6, 6.07) is 3.91. The SMILES string of the molecule is NC=C(F)C=Nc1ccc(F)cc1C1OCCO1. The second kappa shape index (κ2) is 5.70. The molecular weight excluding hydrogens is 242 g/mol. The van der Waals surface area contributed by atoms with Gasteiger partial charge in [-0.25, -0.2) is 8.78 Å². The smallest absolute Gasteiger partial charge is 0.186 e. The lowest BCUT2D eigenvalue weighted by atomic mass is 10.1. The van der Waals surface area contributed by atoms with Crippen LogP contribution in [0.1, 0.15) is 11.9 Å². The predicted molar refractivity (Wildman–Crippen MR) is 62.6 cm³/mol. The van der Waals surface area contributed by atoms with Gasteiger partial charge in [0.25, 0.3) is 0 Å². The van der Waals surface area contributed by atoms with Crippen molar-refractivity contribution in [3.63, 3.8) is 0 Å². The van der Waals surface area contributed by atoms with Gasteiger partial charge in [-0.1, -0.05) is 0 Å². The maximum Gasteiger partial charge on any atom is 0.186 e. The van der Waals surface area contributed by atoms with Gasteiger partial charge in [0.15, 0.2) is 12.1 Å². The van der Waals surface area contributed by atoms with E-state index >= 15 is 0 Å². The molecule has 1 heterocycles. The van der Waals surface area contributed by atoms with Crippen molar-refractivity contribution in [2.24, 2.45) is 10.7 Å². The third-order valence-corrected chi connectivity index (χ3v) is 2.35. The van der Waals surface area contributed by atoms with Crippen molar-refractivity contribution in [1.29, 1.82) is 0 Å². The Labute approximate surface area is 103 Å². The number of rotatable bonds is 3. The van der Waals surface area contributed by atoms with E-state index in [1.54, 1.807) is 0 Å². The Morgan fingerprint density at radius 2 is 2.11 bits per heavy atom. The average molecular weight is 254 g/mol. The van der Waals surface area contributed by atoms with Crippen molar-refractivity contribution in [3.8, 4) is 0 Å². The monoisotopic (exact) mass is 254 g/mol. The lowest BCUT2D eigenvalue weighted by Crippen LogP contribution is -1.99. The molecule has 18 heavy (non-hydrogen) atoms. The van der Waals surface area contributed by atoms with Gasteiger partial charge in [0.2, 0.25) is 0 Å². The first-order valence-electron chi connectivity index (χ1n) is 5.35. The number of nitrogens with zero attached hydrogens (tertiary/aromatic N) is 1. The number of benzene rings is 1. The zero-order valence-corrected chi connectivity index (χ0v) is 9.48. The molecule has 2 N–H and O–H groups in total. The van der Waals surface area contributed by atoms with E-state index in [1.807, 2.05) is 0 Å². The van der Waals surface area contributed by atoms with Crippen molar-refractivity contribution < 1.29 is 18.3 Å². The van der Waals surface area contributed by atoms with Crippen molar-refractivity contribution in [3.05, 3.63) is 41.6 Å². The molecule has 1 aromatic carbocycles. The Morgan fingerprint density at radius 3 is 2.78 bits per heavy atom. The van der Waals surface area contributed by atoms with Crippen LogP contribution >= 0.6 is 0 Å². The summed E-state index contributed by atoms with van der Waals surface area (Å²) in [6.07, 6.45) is 1.07. The van der Waals surface area contributed by atoms with Crippen molar-refractivity contribution in [1.82, 2.24) is 0 Å². The minimum Gasteiger partial charge on any atom is -0.402 e. The van der Waals surface area contributed by atoms with Gasteiger partial charge in [-0.05, 0) is 18.2 Å². The van der Waals surface area contributed by atoms with Crippen molar-refractivity contribution in [2.45, 2.75) is 6.29 Å². The van der Waals surface area contributed by atoms with Crippen LogP contribution in [-0.2, 0) is 9.47 Å². The van der Waals surface area contributed by atoms with E-state index in [9.17, 15) is 8.78 Å². The largest absolute Gasteiger partial charge is 0.402 e. The summed E-state index contributed by atoms with van der Waals surface area (Å²) in [5, 5.41) is 0. The second-order valence-electron chi connectivity index (χ2n) is 3.59. The molecule has 4 nitrogen and oxygen atoms in total. The molecular formula is C12H12F2N2O2. The Morgan fingerprint density at radius 1 is 1.39 bits per heavy atom. The van der Waals surface area contributed by atoms with Gasteiger partial charge >= 0.3 is 0 Å². The Hall–Kier alpha value is -1.79. The molecule has 0 saturated carbocycles. The Kier molecular flexibility index (Phi) is 4.01.